The van der Waals surface area contributed by atoms with Crippen LogP contribution in [-0.4, -0.2) is 52.1 Å². The molecular weight excluding hydrogens is 528 g/mol. The Kier molecular flexibility index (Phi) is 8.69. The highest BCUT2D eigenvalue weighted by Gasteiger charge is 2.34. The molecule has 0 saturated carbocycles. The van der Waals surface area contributed by atoms with Gasteiger partial charge in [0.25, 0.3) is 0 Å². The Balaban J connectivity index is 0.00000370. The number of aromatic nitrogens is 3. The number of rotatable bonds is 9. The number of nitrogens with two attached hydrogens (primary N) is 1. The standard InChI is InChI=1S/C28H32N6O4S.CH4/c1-28(2,29)27(35)30-24(19-38-18-20-8-4-3-5-9-20)26-32-31-25-17-33(14-15-34(25)26)39(36,37)23-13-12-21-10-6-7-11-22(21)16-23;/h3-13,16,24H,14-15,17-19,29H2,1-2H3,(H,30,35);1H4/t24-;/m1./s1. The van der Waals surface area contributed by atoms with Gasteiger partial charge in [-0.3, -0.25) is 4.79 Å². The summed E-state index contributed by atoms with van der Waals surface area (Å²) >= 11 is 0. The zero-order valence-corrected chi connectivity index (χ0v) is 22.8. The van der Waals surface area contributed by atoms with Gasteiger partial charge in [-0.15, -0.1) is 10.2 Å². The minimum absolute atomic E-state index is 0. The molecule has 0 radical (unpaired) electrons. The van der Waals surface area contributed by atoms with E-state index in [0.717, 1.165) is 16.3 Å². The summed E-state index contributed by atoms with van der Waals surface area (Å²) in [5.41, 5.74) is 5.92. The Labute approximate surface area is 235 Å². The van der Waals surface area contributed by atoms with Gasteiger partial charge in [0, 0.05) is 13.1 Å². The second-order valence-electron chi connectivity index (χ2n) is 10.2. The zero-order valence-electron chi connectivity index (χ0n) is 21.9. The number of benzene rings is 3. The molecule has 212 valence electrons. The smallest absolute Gasteiger partial charge is 0.243 e. The number of amides is 1. The van der Waals surface area contributed by atoms with Gasteiger partial charge in [-0.25, -0.2) is 8.42 Å². The molecule has 0 spiro atoms. The maximum absolute atomic E-state index is 13.5. The molecular formula is C29H36N6O4S. The molecule has 1 aliphatic heterocycles. The number of nitrogens with one attached hydrogen (secondary N) is 1. The Morgan fingerprint density at radius 2 is 1.73 bits per heavy atom. The first kappa shape index (κ1) is 29.3. The number of sulfonamides is 1. The van der Waals surface area contributed by atoms with Gasteiger partial charge in [-0.05, 0) is 42.3 Å². The summed E-state index contributed by atoms with van der Waals surface area (Å²) in [4.78, 5) is 13.0. The van der Waals surface area contributed by atoms with Gasteiger partial charge in [-0.1, -0.05) is 68.1 Å². The second-order valence-corrected chi connectivity index (χ2v) is 12.2. The van der Waals surface area contributed by atoms with Gasteiger partial charge in [0.1, 0.15) is 11.9 Å². The van der Waals surface area contributed by atoms with Crippen LogP contribution in [0.3, 0.4) is 0 Å². The van der Waals surface area contributed by atoms with Crippen LogP contribution in [0.2, 0.25) is 0 Å². The van der Waals surface area contributed by atoms with E-state index in [9.17, 15) is 13.2 Å². The molecule has 3 N–H and O–H groups in total. The van der Waals surface area contributed by atoms with Crippen LogP contribution < -0.4 is 11.1 Å². The summed E-state index contributed by atoms with van der Waals surface area (Å²) in [7, 11) is -3.75. The van der Waals surface area contributed by atoms with Crippen molar-refractivity contribution in [1.82, 2.24) is 24.4 Å². The number of carbonyl (C=O) groups is 1. The molecule has 0 bridgehead atoms. The van der Waals surface area contributed by atoms with Crippen LogP contribution in [0.15, 0.2) is 77.7 Å². The van der Waals surface area contributed by atoms with Crippen LogP contribution in [0.25, 0.3) is 10.8 Å². The highest BCUT2D eigenvalue weighted by molar-refractivity contribution is 7.89. The number of hydrogen-bond donors (Lipinski definition) is 2. The highest BCUT2D eigenvalue weighted by atomic mass is 32.2. The average Bonchev–Trinajstić information content (AvgIpc) is 3.35. The highest BCUT2D eigenvalue weighted by Crippen LogP contribution is 2.26. The average molecular weight is 565 g/mol. The molecule has 1 aliphatic rings. The van der Waals surface area contributed by atoms with Crippen LogP contribution in [0.5, 0.6) is 0 Å². The lowest BCUT2D eigenvalue weighted by Gasteiger charge is -2.29. The summed E-state index contributed by atoms with van der Waals surface area (Å²) in [6.07, 6.45) is 0. The van der Waals surface area contributed by atoms with Crippen molar-refractivity contribution in [2.45, 2.75) is 57.4 Å². The van der Waals surface area contributed by atoms with Gasteiger partial charge in [0.05, 0.1) is 30.2 Å². The molecule has 2 heterocycles. The summed E-state index contributed by atoms with van der Waals surface area (Å²) in [5.74, 6) is 0.637. The first-order valence-electron chi connectivity index (χ1n) is 12.8. The van der Waals surface area contributed by atoms with E-state index in [0.29, 0.717) is 24.8 Å². The molecule has 1 atom stereocenters. The van der Waals surface area contributed by atoms with E-state index in [1.165, 1.54) is 4.31 Å². The molecule has 1 aromatic heterocycles. The fourth-order valence-electron chi connectivity index (χ4n) is 4.49. The lowest BCUT2D eigenvalue weighted by molar-refractivity contribution is -0.126. The molecule has 3 aromatic carbocycles. The molecule has 1 amide bonds. The van der Waals surface area contributed by atoms with Crippen molar-refractivity contribution in [2.75, 3.05) is 13.2 Å². The van der Waals surface area contributed by atoms with Crippen LogP contribution in [-0.2, 0) is 39.3 Å². The largest absolute Gasteiger partial charge is 0.374 e. The summed E-state index contributed by atoms with van der Waals surface area (Å²) < 4.78 is 36.2. The Bertz CT molecular complexity index is 1580. The third-order valence-electron chi connectivity index (χ3n) is 6.70. The van der Waals surface area contributed by atoms with Crippen molar-refractivity contribution in [3.8, 4) is 0 Å². The van der Waals surface area contributed by atoms with E-state index in [4.69, 9.17) is 10.5 Å². The third kappa shape index (κ3) is 6.23. The minimum atomic E-state index is -3.75. The molecule has 10 nitrogen and oxygen atoms in total. The lowest BCUT2D eigenvalue weighted by Crippen LogP contribution is -2.51. The predicted octanol–water partition coefficient (Wildman–Crippen LogP) is 3.38. The van der Waals surface area contributed by atoms with Crippen LogP contribution in [0.4, 0.5) is 0 Å². The topological polar surface area (TPSA) is 132 Å². The minimum Gasteiger partial charge on any atom is -0.374 e. The molecule has 0 aliphatic carbocycles. The van der Waals surface area contributed by atoms with Gasteiger partial charge in [0.15, 0.2) is 5.82 Å². The monoisotopic (exact) mass is 564 g/mol. The van der Waals surface area contributed by atoms with Crippen LogP contribution >= 0.6 is 0 Å². The quantitative estimate of drug-likeness (QED) is 0.318. The molecule has 0 unspecified atom stereocenters. The van der Waals surface area contributed by atoms with Gasteiger partial charge in [-0.2, -0.15) is 4.31 Å². The van der Waals surface area contributed by atoms with Crippen molar-refractivity contribution >= 4 is 26.7 Å². The molecule has 5 rings (SSSR count). The normalized spacial score (nSPS) is 14.8. The SMILES string of the molecule is C.CC(C)(N)C(=O)N[C@H](COCc1ccccc1)c1nnc2n1CCN(S(=O)(=O)c1ccc3ccccc3c1)C2. The number of ether oxygens (including phenoxy) is 1. The number of nitrogens with zero attached hydrogens (tertiary/aromatic N) is 4. The molecule has 40 heavy (non-hydrogen) atoms. The fourth-order valence-corrected chi connectivity index (χ4v) is 5.91. The molecule has 0 fully saturated rings. The van der Waals surface area contributed by atoms with E-state index in [-0.39, 0.29) is 37.9 Å². The zero-order chi connectivity index (χ0) is 27.6. The fraction of sp³-hybridized carbons (Fsp3) is 0.345. The summed E-state index contributed by atoms with van der Waals surface area (Å²) in [5, 5.41) is 13.4. The van der Waals surface area contributed by atoms with Crippen molar-refractivity contribution in [3.63, 3.8) is 0 Å². The summed E-state index contributed by atoms with van der Waals surface area (Å²) in [6, 6.07) is 21.9. The summed E-state index contributed by atoms with van der Waals surface area (Å²) in [6.45, 7) is 4.39. The number of carbonyl (C=O) groups excluding carboxylic acids is 1. The molecule has 0 saturated heterocycles. The van der Waals surface area contributed by atoms with E-state index >= 15 is 0 Å². The van der Waals surface area contributed by atoms with Gasteiger partial charge < -0.3 is 20.4 Å². The predicted molar refractivity (Wildman–Crippen MR) is 154 cm³/mol. The molecule has 11 heteroatoms. The van der Waals surface area contributed by atoms with E-state index < -0.39 is 21.6 Å². The van der Waals surface area contributed by atoms with E-state index in [2.05, 4.69) is 15.5 Å². The molecule has 4 aromatic rings. The Morgan fingerprint density at radius 1 is 1.02 bits per heavy atom. The number of hydrogen-bond acceptors (Lipinski definition) is 7. The Morgan fingerprint density at radius 3 is 2.45 bits per heavy atom. The van der Waals surface area contributed by atoms with E-state index in [1.807, 2.05) is 65.2 Å². The maximum Gasteiger partial charge on any atom is 0.243 e. The maximum atomic E-state index is 13.5. The van der Waals surface area contributed by atoms with Crippen molar-refractivity contribution in [2.24, 2.45) is 5.73 Å². The van der Waals surface area contributed by atoms with Gasteiger partial charge in [0.2, 0.25) is 15.9 Å². The van der Waals surface area contributed by atoms with Crippen LogP contribution in [0.1, 0.15) is 44.5 Å². The van der Waals surface area contributed by atoms with Crippen molar-refractivity contribution in [3.05, 3.63) is 90.0 Å². The van der Waals surface area contributed by atoms with Crippen LogP contribution in [0, 0.1) is 0 Å². The number of fused-ring (bicyclic) bond motifs is 2. The lowest BCUT2D eigenvalue weighted by atomic mass is 10.1. The first-order chi connectivity index (χ1) is 18.6. The second kappa shape index (κ2) is 11.8. The van der Waals surface area contributed by atoms with Crippen molar-refractivity contribution < 1.29 is 17.9 Å². The first-order valence-corrected chi connectivity index (χ1v) is 14.2. The third-order valence-corrected chi connectivity index (χ3v) is 8.54. The van der Waals surface area contributed by atoms with Crippen molar-refractivity contribution in [1.29, 1.82) is 0 Å². The van der Waals surface area contributed by atoms with Gasteiger partial charge >= 0.3 is 0 Å². The Hall–Kier alpha value is -3.64. The van der Waals surface area contributed by atoms with E-state index in [1.54, 1.807) is 26.0 Å².